The molecule has 0 radical (unpaired) electrons. The van der Waals surface area contributed by atoms with E-state index in [4.69, 9.17) is 11.6 Å². The normalized spacial score (nSPS) is 10.8. The first-order chi connectivity index (χ1) is 13.0. The zero-order valence-electron chi connectivity index (χ0n) is 15.8. The number of carbonyl (C=O) groups excluding carboxylic acids is 1. The smallest absolute Gasteiger partial charge is 0.259 e. The molecule has 2 aromatic carbocycles. The van der Waals surface area contributed by atoms with E-state index in [9.17, 15) is 9.90 Å². The first kappa shape index (κ1) is 20.6. The molecular formula is C20H25ClN4O2. The van der Waals surface area contributed by atoms with Gasteiger partial charge in [0.05, 0.1) is 12.8 Å². The third-order valence-electron chi connectivity index (χ3n) is 4.24. The van der Waals surface area contributed by atoms with Gasteiger partial charge >= 0.3 is 0 Å². The molecule has 7 heteroatoms. The molecule has 2 rings (SSSR count). The molecule has 0 spiro atoms. The highest BCUT2D eigenvalue weighted by Crippen LogP contribution is 2.24. The molecule has 0 heterocycles. The SMILES string of the molecule is CCN(CC)c1ccc(/C=N\NC(=O)CNc2cccc(Cl)c2C)c(O)c1. The molecule has 0 aliphatic rings. The van der Waals surface area contributed by atoms with Gasteiger partial charge in [-0.3, -0.25) is 4.79 Å². The van der Waals surface area contributed by atoms with E-state index in [0.717, 1.165) is 30.0 Å². The first-order valence-corrected chi connectivity index (χ1v) is 9.22. The van der Waals surface area contributed by atoms with Gasteiger partial charge in [-0.2, -0.15) is 5.10 Å². The number of rotatable bonds is 8. The molecule has 0 bridgehead atoms. The molecule has 0 unspecified atom stereocenters. The van der Waals surface area contributed by atoms with Crippen molar-refractivity contribution in [2.75, 3.05) is 29.9 Å². The van der Waals surface area contributed by atoms with Crippen molar-refractivity contribution in [1.29, 1.82) is 0 Å². The van der Waals surface area contributed by atoms with Crippen LogP contribution in [-0.4, -0.2) is 36.9 Å². The summed E-state index contributed by atoms with van der Waals surface area (Å²) in [5.74, 6) is -0.185. The average Bonchev–Trinajstić information content (AvgIpc) is 2.65. The Hall–Kier alpha value is -2.73. The number of hydrazone groups is 1. The number of hydrogen-bond donors (Lipinski definition) is 3. The zero-order chi connectivity index (χ0) is 19.8. The monoisotopic (exact) mass is 388 g/mol. The van der Waals surface area contributed by atoms with Crippen LogP contribution in [0.25, 0.3) is 0 Å². The Morgan fingerprint density at radius 1 is 1.26 bits per heavy atom. The Bertz CT molecular complexity index is 820. The van der Waals surface area contributed by atoms with E-state index in [1.54, 1.807) is 18.2 Å². The van der Waals surface area contributed by atoms with Crippen LogP contribution < -0.4 is 15.6 Å². The molecule has 0 saturated heterocycles. The van der Waals surface area contributed by atoms with Crippen molar-refractivity contribution in [1.82, 2.24) is 5.43 Å². The van der Waals surface area contributed by atoms with Crippen LogP contribution >= 0.6 is 11.6 Å². The minimum Gasteiger partial charge on any atom is -0.507 e. The predicted molar refractivity (Wildman–Crippen MR) is 112 cm³/mol. The Labute approximate surface area is 164 Å². The molecule has 0 atom stereocenters. The summed E-state index contributed by atoms with van der Waals surface area (Å²) in [6, 6.07) is 10.8. The van der Waals surface area contributed by atoms with Crippen LogP contribution in [0.1, 0.15) is 25.0 Å². The van der Waals surface area contributed by atoms with Gasteiger partial charge in [-0.05, 0) is 50.6 Å². The van der Waals surface area contributed by atoms with Crippen LogP contribution in [0.2, 0.25) is 5.02 Å². The van der Waals surface area contributed by atoms with Crippen molar-refractivity contribution >= 4 is 35.1 Å². The molecular weight excluding hydrogens is 364 g/mol. The lowest BCUT2D eigenvalue weighted by atomic mass is 10.2. The number of phenolic OH excluding ortho intramolecular Hbond substituents is 1. The fourth-order valence-electron chi connectivity index (χ4n) is 2.61. The van der Waals surface area contributed by atoms with Crippen LogP contribution in [0.3, 0.4) is 0 Å². The number of halogens is 1. The second-order valence-electron chi connectivity index (χ2n) is 5.97. The van der Waals surface area contributed by atoms with E-state index in [2.05, 4.69) is 34.6 Å². The highest BCUT2D eigenvalue weighted by molar-refractivity contribution is 6.31. The van der Waals surface area contributed by atoms with Gasteiger partial charge in [-0.25, -0.2) is 5.43 Å². The highest BCUT2D eigenvalue weighted by Gasteiger charge is 2.06. The lowest BCUT2D eigenvalue weighted by Crippen LogP contribution is -2.26. The minimum absolute atomic E-state index is 0.0609. The summed E-state index contributed by atoms with van der Waals surface area (Å²) in [7, 11) is 0. The van der Waals surface area contributed by atoms with Crippen molar-refractivity contribution in [2.45, 2.75) is 20.8 Å². The minimum atomic E-state index is -0.301. The lowest BCUT2D eigenvalue weighted by Gasteiger charge is -2.21. The van der Waals surface area contributed by atoms with Gasteiger partial charge in [0, 0.05) is 41.1 Å². The number of hydrogen-bond acceptors (Lipinski definition) is 5. The van der Waals surface area contributed by atoms with Gasteiger partial charge in [0.1, 0.15) is 5.75 Å². The third-order valence-corrected chi connectivity index (χ3v) is 4.65. The first-order valence-electron chi connectivity index (χ1n) is 8.85. The number of carbonyl (C=O) groups is 1. The number of anilines is 2. The second-order valence-corrected chi connectivity index (χ2v) is 6.38. The van der Waals surface area contributed by atoms with Crippen molar-refractivity contribution < 1.29 is 9.90 Å². The number of nitrogens with one attached hydrogen (secondary N) is 2. The summed E-state index contributed by atoms with van der Waals surface area (Å²) >= 11 is 6.05. The molecule has 0 fully saturated rings. The van der Waals surface area contributed by atoms with Gasteiger partial charge in [0.2, 0.25) is 0 Å². The summed E-state index contributed by atoms with van der Waals surface area (Å²) in [5.41, 5.74) is 5.59. The quantitative estimate of drug-likeness (QED) is 0.475. The van der Waals surface area contributed by atoms with E-state index in [-0.39, 0.29) is 18.2 Å². The van der Waals surface area contributed by atoms with E-state index in [1.807, 2.05) is 25.1 Å². The molecule has 3 N–H and O–H groups in total. The van der Waals surface area contributed by atoms with Crippen LogP contribution in [-0.2, 0) is 4.79 Å². The van der Waals surface area contributed by atoms with Gasteiger partial charge < -0.3 is 15.3 Å². The zero-order valence-corrected chi connectivity index (χ0v) is 16.5. The second kappa shape index (κ2) is 9.83. The van der Waals surface area contributed by atoms with Gasteiger partial charge in [-0.15, -0.1) is 0 Å². The van der Waals surface area contributed by atoms with Crippen molar-refractivity contribution in [3.05, 3.63) is 52.5 Å². The fourth-order valence-corrected chi connectivity index (χ4v) is 2.79. The van der Waals surface area contributed by atoms with Gasteiger partial charge in [0.15, 0.2) is 0 Å². The number of benzene rings is 2. The van der Waals surface area contributed by atoms with E-state index in [1.165, 1.54) is 6.21 Å². The largest absolute Gasteiger partial charge is 0.507 e. The number of aromatic hydroxyl groups is 1. The number of nitrogens with zero attached hydrogens (tertiary/aromatic N) is 2. The van der Waals surface area contributed by atoms with Crippen molar-refractivity contribution in [2.24, 2.45) is 5.10 Å². The molecule has 0 aliphatic carbocycles. The maximum Gasteiger partial charge on any atom is 0.259 e. The average molecular weight is 389 g/mol. The topological polar surface area (TPSA) is 77.0 Å². The summed E-state index contributed by atoms with van der Waals surface area (Å²) in [5, 5.41) is 17.7. The van der Waals surface area contributed by atoms with Crippen LogP contribution in [0.4, 0.5) is 11.4 Å². The summed E-state index contributed by atoms with van der Waals surface area (Å²) < 4.78 is 0. The Kier molecular flexibility index (Phi) is 7.49. The van der Waals surface area contributed by atoms with Crippen LogP contribution in [0.15, 0.2) is 41.5 Å². The summed E-state index contributed by atoms with van der Waals surface area (Å²) in [6.45, 7) is 7.78. The lowest BCUT2D eigenvalue weighted by molar-refractivity contribution is -0.119. The molecule has 0 aromatic heterocycles. The van der Waals surface area contributed by atoms with E-state index >= 15 is 0 Å². The Morgan fingerprint density at radius 2 is 2.00 bits per heavy atom. The molecule has 0 saturated carbocycles. The van der Waals surface area contributed by atoms with Crippen molar-refractivity contribution in [3.63, 3.8) is 0 Å². The van der Waals surface area contributed by atoms with Crippen LogP contribution in [0.5, 0.6) is 5.75 Å². The summed E-state index contributed by atoms with van der Waals surface area (Å²) in [4.78, 5) is 14.1. The van der Waals surface area contributed by atoms with Gasteiger partial charge in [-0.1, -0.05) is 17.7 Å². The molecule has 27 heavy (non-hydrogen) atoms. The third kappa shape index (κ3) is 5.62. The number of amides is 1. The standard InChI is InChI=1S/C20H25ClN4O2/c1-4-25(5-2)16-10-9-15(19(26)11-16)12-23-24-20(27)13-22-18-8-6-7-17(21)14(18)3/h6-12,22,26H,4-5,13H2,1-3H3,(H,24,27)/b23-12-. The Balaban J connectivity index is 1.91. The highest BCUT2D eigenvalue weighted by atomic mass is 35.5. The summed E-state index contributed by atoms with van der Waals surface area (Å²) in [6.07, 6.45) is 1.42. The molecule has 1 amide bonds. The number of phenols is 1. The van der Waals surface area contributed by atoms with Crippen molar-refractivity contribution in [3.8, 4) is 5.75 Å². The molecule has 2 aromatic rings. The maximum atomic E-state index is 11.9. The Morgan fingerprint density at radius 3 is 2.67 bits per heavy atom. The van der Waals surface area contributed by atoms with E-state index in [0.29, 0.717) is 10.6 Å². The van der Waals surface area contributed by atoms with Crippen LogP contribution in [0, 0.1) is 6.92 Å². The predicted octanol–water partition coefficient (Wildman–Crippen LogP) is 3.76. The molecule has 0 aliphatic heterocycles. The molecule has 144 valence electrons. The van der Waals surface area contributed by atoms with Gasteiger partial charge in [0.25, 0.3) is 5.91 Å². The van der Waals surface area contributed by atoms with E-state index < -0.39 is 0 Å². The molecule has 6 nitrogen and oxygen atoms in total. The maximum absolute atomic E-state index is 11.9. The fraction of sp³-hybridized carbons (Fsp3) is 0.300.